The first kappa shape index (κ1) is 20.3. The van der Waals surface area contributed by atoms with Gasteiger partial charge >= 0.3 is 0 Å². The summed E-state index contributed by atoms with van der Waals surface area (Å²) in [5.74, 6) is 1.08. The largest absolute Gasteiger partial charge is 0.334 e. The van der Waals surface area contributed by atoms with Crippen molar-refractivity contribution in [3.8, 4) is 22.5 Å². The van der Waals surface area contributed by atoms with Crippen molar-refractivity contribution < 1.29 is 0 Å². The quantitative estimate of drug-likeness (QED) is 0.395. The van der Waals surface area contributed by atoms with Gasteiger partial charge in [-0.2, -0.15) is 0 Å². The Morgan fingerprint density at radius 3 is 1.81 bits per heavy atom. The number of nitrogens with zero attached hydrogens (tertiary/aromatic N) is 2. The van der Waals surface area contributed by atoms with Gasteiger partial charge in [0, 0.05) is 29.6 Å². The number of benzene rings is 2. The lowest BCUT2D eigenvalue weighted by molar-refractivity contribution is 0.264. The molecular weight excluding hydrogens is 388 g/mol. The zero-order valence-electron chi connectivity index (χ0n) is 20.8. The Kier molecular flexibility index (Phi) is 3.77. The minimum atomic E-state index is 0.201. The van der Waals surface area contributed by atoms with Crippen LogP contribution in [0.15, 0.2) is 42.6 Å². The molecule has 0 radical (unpaired) electrons. The number of hydrogen-bond acceptors (Lipinski definition) is 1. The van der Waals surface area contributed by atoms with Gasteiger partial charge in [0.15, 0.2) is 0 Å². The first-order valence-corrected chi connectivity index (χ1v) is 12.2. The highest BCUT2D eigenvalue weighted by atomic mass is 15.0. The van der Waals surface area contributed by atoms with Gasteiger partial charge in [-0.05, 0) is 78.7 Å². The number of aryl methyl sites for hydroxylation is 3. The van der Waals surface area contributed by atoms with E-state index in [4.69, 9.17) is 4.98 Å². The van der Waals surface area contributed by atoms with Gasteiger partial charge in [0.2, 0.25) is 0 Å². The Labute approximate surface area is 193 Å². The standard InChI is InChI=1S/C30H36N2/c1-19-8-10-22-23-11-9-21(26-31-20(2)14-32(26)7)13-25(23)30-17-27(3,4)15-29(30,24(22)12-19)16-28(5,6)18-30/h8-14H,15-18H2,1-7H3. The number of aromatic nitrogens is 2. The van der Waals surface area contributed by atoms with Crippen LogP contribution in [0.2, 0.25) is 0 Å². The zero-order chi connectivity index (χ0) is 22.7. The third-order valence-corrected chi connectivity index (χ3v) is 8.81. The van der Waals surface area contributed by atoms with Crippen LogP contribution in [0.4, 0.5) is 0 Å². The van der Waals surface area contributed by atoms with Gasteiger partial charge in [-0.25, -0.2) is 4.98 Å². The lowest BCUT2D eigenvalue weighted by atomic mass is 9.55. The molecule has 32 heavy (non-hydrogen) atoms. The third-order valence-electron chi connectivity index (χ3n) is 8.81. The van der Waals surface area contributed by atoms with Crippen molar-refractivity contribution in [1.29, 1.82) is 0 Å². The van der Waals surface area contributed by atoms with Crippen molar-refractivity contribution >= 4 is 0 Å². The molecule has 0 unspecified atom stereocenters. The Bertz CT molecular complexity index is 1250. The van der Waals surface area contributed by atoms with E-state index in [0.29, 0.717) is 10.8 Å². The highest BCUT2D eigenvalue weighted by Crippen LogP contribution is 2.76. The molecule has 1 aromatic heterocycles. The van der Waals surface area contributed by atoms with Crippen LogP contribution in [0.1, 0.15) is 75.8 Å². The van der Waals surface area contributed by atoms with Crippen LogP contribution in [0.25, 0.3) is 22.5 Å². The predicted molar refractivity (Wildman–Crippen MR) is 133 cm³/mol. The van der Waals surface area contributed by atoms with Gasteiger partial charge in [-0.3, -0.25) is 0 Å². The summed E-state index contributed by atoms with van der Waals surface area (Å²) in [5.41, 5.74) is 11.0. The monoisotopic (exact) mass is 424 g/mol. The van der Waals surface area contributed by atoms with E-state index in [9.17, 15) is 0 Å². The fourth-order valence-corrected chi connectivity index (χ4v) is 8.58. The third kappa shape index (κ3) is 2.50. The maximum absolute atomic E-state index is 4.87. The normalized spacial score (nSPS) is 28.7. The Balaban J connectivity index is 1.70. The zero-order valence-corrected chi connectivity index (χ0v) is 20.8. The maximum atomic E-state index is 4.87. The van der Waals surface area contributed by atoms with Crippen molar-refractivity contribution in [3.63, 3.8) is 0 Å². The van der Waals surface area contributed by atoms with E-state index in [1.54, 1.807) is 11.1 Å². The van der Waals surface area contributed by atoms with Crippen LogP contribution >= 0.6 is 0 Å². The van der Waals surface area contributed by atoms with Gasteiger partial charge in [0.05, 0.1) is 5.69 Å². The molecule has 166 valence electrons. The van der Waals surface area contributed by atoms with E-state index in [2.05, 4.69) is 95.8 Å². The van der Waals surface area contributed by atoms with Crippen LogP contribution < -0.4 is 0 Å². The van der Waals surface area contributed by atoms with Gasteiger partial charge in [-0.1, -0.05) is 63.6 Å². The molecule has 2 nitrogen and oxygen atoms in total. The average Bonchev–Trinajstić information content (AvgIpc) is 3.22. The molecule has 3 aliphatic rings. The molecule has 3 aliphatic carbocycles. The van der Waals surface area contributed by atoms with Crippen molar-refractivity contribution in [1.82, 2.24) is 9.55 Å². The van der Waals surface area contributed by atoms with E-state index in [-0.39, 0.29) is 10.8 Å². The van der Waals surface area contributed by atoms with E-state index in [1.165, 1.54) is 47.9 Å². The molecule has 6 rings (SSSR count). The lowest BCUT2D eigenvalue weighted by Gasteiger charge is -2.48. The summed E-state index contributed by atoms with van der Waals surface area (Å²) in [7, 11) is 2.12. The Morgan fingerprint density at radius 1 is 0.750 bits per heavy atom. The first-order valence-electron chi connectivity index (χ1n) is 12.2. The Hall–Kier alpha value is -2.35. The molecular formula is C30H36N2. The molecule has 0 bridgehead atoms. The second-order valence-electron chi connectivity index (χ2n) is 12.8. The number of imidazole rings is 1. The summed E-state index contributed by atoms with van der Waals surface area (Å²) < 4.78 is 2.18. The molecule has 0 N–H and O–H groups in total. The van der Waals surface area contributed by atoms with Crippen molar-refractivity contribution in [2.45, 2.75) is 78.1 Å². The molecule has 0 saturated heterocycles. The second-order valence-corrected chi connectivity index (χ2v) is 12.8. The minimum absolute atomic E-state index is 0.201. The molecule has 0 atom stereocenters. The number of fused-ring (bicyclic) bond motifs is 3. The predicted octanol–water partition coefficient (Wildman–Crippen LogP) is 7.50. The van der Waals surface area contributed by atoms with E-state index >= 15 is 0 Å². The molecule has 2 saturated carbocycles. The molecule has 0 spiro atoms. The van der Waals surface area contributed by atoms with E-state index in [0.717, 1.165) is 11.5 Å². The molecule has 2 heteroatoms. The van der Waals surface area contributed by atoms with Crippen LogP contribution in [0.5, 0.6) is 0 Å². The summed E-state index contributed by atoms with van der Waals surface area (Å²) in [6.07, 6.45) is 7.24. The van der Waals surface area contributed by atoms with Crippen LogP contribution in [0, 0.1) is 24.7 Å². The van der Waals surface area contributed by atoms with Crippen molar-refractivity contribution in [3.05, 3.63) is 65.0 Å². The highest BCUT2D eigenvalue weighted by Gasteiger charge is 2.70. The van der Waals surface area contributed by atoms with Crippen LogP contribution in [0.3, 0.4) is 0 Å². The first-order chi connectivity index (χ1) is 15.0. The molecule has 0 amide bonds. The van der Waals surface area contributed by atoms with Gasteiger partial charge in [0.25, 0.3) is 0 Å². The topological polar surface area (TPSA) is 17.8 Å². The van der Waals surface area contributed by atoms with E-state index in [1.807, 2.05) is 0 Å². The van der Waals surface area contributed by atoms with Gasteiger partial charge in [-0.15, -0.1) is 0 Å². The average molecular weight is 425 g/mol. The SMILES string of the molecule is Cc1ccc2c(c1)C13CC(C)(C)CC1(CC(C)(C)C3)c1cc(-c3nc(C)cn3C)ccc1-2. The van der Waals surface area contributed by atoms with Crippen LogP contribution in [-0.2, 0) is 17.9 Å². The smallest absolute Gasteiger partial charge is 0.139 e. The van der Waals surface area contributed by atoms with Gasteiger partial charge < -0.3 is 4.57 Å². The molecule has 2 fully saturated rings. The minimum Gasteiger partial charge on any atom is -0.334 e. The molecule has 2 aromatic carbocycles. The number of rotatable bonds is 1. The van der Waals surface area contributed by atoms with Gasteiger partial charge in [0.1, 0.15) is 5.82 Å². The molecule has 1 heterocycles. The second kappa shape index (κ2) is 5.95. The summed E-state index contributed by atoms with van der Waals surface area (Å²) in [4.78, 5) is 4.87. The summed E-state index contributed by atoms with van der Waals surface area (Å²) in [5, 5.41) is 0. The fraction of sp³-hybridized carbons (Fsp3) is 0.500. The summed E-state index contributed by atoms with van der Waals surface area (Å²) in [6, 6.07) is 14.5. The lowest BCUT2D eigenvalue weighted by Crippen LogP contribution is -2.43. The van der Waals surface area contributed by atoms with E-state index < -0.39 is 0 Å². The summed E-state index contributed by atoms with van der Waals surface area (Å²) >= 11 is 0. The maximum Gasteiger partial charge on any atom is 0.139 e. The summed E-state index contributed by atoms with van der Waals surface area (Å²) in [6.45, 7) is 14.4. The fourth-order valence-electron chi connectivity index (χ4n) is 8.58. The van der Waals surface area contributed by atoms with Crippen LogP contribution in [-0.4, -0.2) is 9.55 Å². The highest BCUT2D eigenvalue weighted by molar-refractivity contribution is 5.81. The molecule has 0 aliphatic heterocycles. The van der Waals surface area contributed by atoms with Crippen molar-refractivity contribution in [2.75, 3.05) is 0 Å². The molecule has 3 aromatic rings. The Morgan fingerprint density at radius 2 is 1.28 bits per heavy atom. The number of hydrogen-bond donors (Lipinski definition) is 0. The van der Waals surface area contributed by atoms with Crippen molar-refractivity contribution in [2.24, 2.45) is 17.9 Å².